The number of halogens is 2. The zero-order chi connectivity index (χ0) is 17.8. The molecule has 1 aliphatic carbocycles. The van der Waals surface area contributed by atoms with Crippen LogP contribution in [0.3, 0.4) is 0 Å². The quantitative estimate of drug-likeness (QED) is 0.668. The number of anilines is 1. The number of thioether (sulfide) groups is 1. The second kappa shape index (κ2) is 10.00. The lowest BCUT2D eigenvalue weighted by Crippen LogP contribution is -2.34. The molecule has 2 aliphatic rings. The molecule has 0 radical (unpaired) electrons. The SMILES string of the molecule is Cc1cc(NC(=O)CC2CS/C(=N\C3CCCCC3)N2C)ccc1Br.Cl. The zero-order valence-electron chi connectivity index (χ0n) is 15.3. The van der Waals surface area contributed by atoms with Crippen LogP contribution in [0.25, 0.3) is 0 Å². The molecule has 3 rings (SSSR count). The molecular formula is C19H27BrClN3OS. The normalized spacial score (nSPS) is 22.3. The third kappa shape index (κ3) is 5.64. The van der Waals surface area contributed by atoms with Crippen molar-refractivity contribution in [2.45, 2.75) is 57.5 Å². The maximum atomic E-state index is 12.4. The first-order valence-corrected chi connectivity index (χ1v) is 10.8. The molecule has 1 saturated heterocycles. The Labute approximate surface area is 175 Å². The van der Waals surface area contributed by atoms with Crippen LogP contribution < -0.4 is 5.32 Å². The summed E-state index contributed by atoms with van der Waals surface area (Å²) in [5.41, 5.74) is 1.98. The Bertz CT molecular complexity index is 664. The largest absolute Gasteiger partial charge is 0.350 e. The van der Waals surface area contributed by atoms with E-state index in [0.717, 1.165) is 26.6 Å². The summed E-state index contributed by atoms with van der Waals surface area (Å²) >= 11 is 5.28. The van der Waals surface area contributed by atoms with Crippen LogP contribution in [-0.2, 0) is 4.79 Å². The molecule has 2 fully saturated rings. The standard InChI is InChI=1S/C19H26BrN3OS.ClH/c1-13-10-15(8-9-17(13)20)21-18(24)11-16-12-25-19(23(16)2)22-14-6-4-3-5-7-14;/h8-10,14,16H,3-7,11-12H2,1-2H3,(H,21,24);1H/b22-19-;. The fraction of sp³-hybridized carbons (Fsp3) is 0.579. The molecule has 1 aromatic rings. The van der Waals surface area contributed by atoms with Crippen LogP contribution in [0.15, 0.2) is 27.7 Å². The van der Waals surface area contributed by atoms with Crippen molar-refractivity contribution in [2.24, 2.45) is 4.99 Å². The van der Waals surface area contributed by atoms with E-state index < -0.39 is 0 Å². The van der Waals surface area contributed by atoms with Gasteiger partial charge in [-0.15, -0.1) is 12.4 Å². The summed E-state index contributed by atoms with van der Waals surface area (Å²) in [6.07, 6.45) is 6.88. The molecule has 0 bridgehead atoms. The third-order valence-corrected chi connectivity index (χ3v) is 7.08. The molecule has 0 aromatic heterocycles. The Balaban J connectivity index is 0.00000243. The average molecular weight is 461 g/mol. The van der Waals surface area contributed by atoms with E-state index in [4.69, 9.17) is 4.99 Å². The summed E-state index contributed by atoms with van der Waals surface area (Å²) in [5, 5.41) is 4.13. The van der Waals surface area contributed by atoms with Crippen molar-refractivity contribution < 1.29 is 4.79 Å². The van der Waals surface area contributed by atoms with Gasteiger partial charge in [0.2, 0.25) is 5.91 Å². The van der Waals surface area contributed by atoms with E-state index in [-0.39, 0.29) is 24.4 Å². The van der Waals surface area contributed by atoms with Crippen molar-refractivity contribution in [1.82, 2.24) is 4.90 Å². The van der Waals surface area contributed by atoms with Gasteiger partial charge in [0.05, 0.1) is 6.04 Å². The van der Waals surface area contributed by atoms with E-state index in [2.05, 4.69) is 33.2 Å². The Morgan fingerprint density at radius 1 is 1.35 bits per heavy atom. The van der Waals surface area contributed by atoms with Gasteiger partial charge >= 0.3 is 0 Å². The van der Waals surface area contributed by atoms with Crippen molar-refractivity contribution in [3.05, 3.63) is 28.2 Å². The fourth-order valence-corrected chi connectivity index (χ4v) is 4.89. The molecule has 0 spiro atoms. The first-order valence-electron chi connectivity index (χ1n) is 9.02. The van der Waals surface area contributed by atoms with E-state index >= 15 is 0 Å². The van der Waals surface area contributed by atoms with Gasteiger partial charge < -0.3 is 10.2 Å². The van der Waals surface area contributed by atoms with Crippen LogP contribution >= 0.6 is 40.1 Å². The highest BCUT2D eigenvalue weighted by Crippen LogP contribution is 2.28. The number of aryl methyl sites for hydroxylation is 1. The van der Waals surface area contributed by atoms with Crippen molar-refractivity contribution in [2.75, 3.05) is 18.1 Å². The monoisotopic (exact) mass is 459 g/mol. The Morgan fingerprint density at radius 2 is 2.08 bits per heavy atom. The molecule has 4 nitrogen and oxygen atoms in total. The lowest BCUT2D eigenvalue weighted by atomic mass is 9.96. The topological polar surface area (TPSA) is 44.7 Å². The second-order valence-corrected chi connectivity index (χ2v) is 8.84. The van der Waals surface area contributed by atoms with E-state index in [9.17, 15) is 4.79 Å². The van der Waals surface area contributed by atoms with Gasteiger partial charge in [-0.2, -0.15) is 0 Å². The lowest BCUT2D eigenvalue weighted by Gasteiger charge is -2.23. The number of hydrogen-bond donors (Lipinski definition) is 1. The summed E-state index contributed by atoms with van der Waals surface area (Å²) in [6, 6.07) is 6.60. The van der Waals surface area contributed by atoms with E-state index in [1.807, 2.05) is 25.1 Å². The molecule has 1 atom stereocenters. The number of amidine groups is 1. The summed E-state index contributed by atoms with van der Waals surface area (Å²) in [4.78, 5) is 19.6. The van der Waals surface area contributed by atoms with Crippen LogP contribution in [0, 0.1) is 6.92 Å². The number of rotatable bonds is 4. The highest BCUT2D eigenvalue weighted by Gasteiger charge is 2.29. The number of carbonyl (C=O) groups is 1. The maximum Gasteiger partial charge on any atom is 0.226 e. The van der Waals surface area contributed by atoms with Gasteiger partial charge in [-0.25, -0.2) is 0 Å². The molecule has 144 valence electrons. The maximum absolute atomic E-state index is 12.4. The van der Waals surface area contributed by atoms with Crippen LogP contribution in [-0.4, -0.2) is 40.9 Å². The van der Waals surface area contributed by atoms with Gasteiger partial charge in [-0.1, -0.05) is 47.0 Å². The van der Waals surface area contributed by atoms with E-state index in [1.165, 1.54) is 32.1 Å². The predicted molar refractivity (Wildman–Crippen MR) is 118 cm³/mol. The van der Waals surface area contributed by atoms with Crippen molar-refractivity contribution in [3.8, 4) is 0 Å². The van der Waals surface area contributed by atoms with Gasteiger partial charge in [-0.05, 0) is 43.5 Å². The van der Waals surface area contributed by atoms with Crippen molar-refractivity contribution in [3.63, 3.8) is 0 Å². The van der Waals surface area contributed by atoms with Crippen molar-refractivity contribution >= 4 is 56.9 Å². The number of hydrogen-bond acceptors (Lipinski definition) is 3. The Hall–Kier alpha value is -0.720. The first-order chi connectivity index (χ1) is 12.0. The molecule has 1 aromatic carbocycles. The van der Waals surface area contributed by atoms with Gasteiger partial charge in [0.1, 0.15) is 0 Å². The predicted octanol–water partition coefficient (Wildman–Crippen LogP) is 5.24. The minimum atomic E-state index is 0. The molecule has 1 N–H and O–H groups in total. The van der Waals surface area contributed by atoms with Crippen LogP contribution in [0.5, 0.6) is 0 Å². The molecule has 1 saturated carbocycles. The van der Waals surface area contributed by atoms with Gasteiger partial charge in [0, 0.05) is 35.4 Å². The fourth-order valence-electron chi connectivity index (χ4n) is 3.38. The van der Waals surface area contributed by atoms with Gasteiger partial charge in [0.15, 0.2) is 5.17 Å². The van der Waals surface area contributed by atoms with E-state index in [1.54, 1.807) is 11.8 Å². The molecule has 1 unspecified atom stereocenters. The highest BCUT2D eigenvalue weighted by atomic mass is 79.9. The number of nitrogens with one attached hydrogen (secondary N) is 1. The molecular weight excluding hydrogens is 434 g/mol. The van der Waals surface area contributed by atoms with E-state index in [0.29, 0.717) is 12.5 Å². The first kappa shape index (κ1) is 21.6. The van der Waals surface area contributed by atoms with Crippen molar-refractivity contribution in [1.29, 1.82) is 0 Å². The Kier molecular flexibility index (Phi) is 8.30. The Morgan fingerprint density at radius 3 is 2.77 bits per heavy atom. The number of benzene rings is 1. The number of nitrogens with zero attached hydrogens (tertiary/aromatic N) is 2. The average Bonchev–Trinajstić information content (AvgIpc) is 2.92. The lowest BCUT2D eigenvalue weighted by molar-refractivity contribution is -0.116. The molecule has 26 heavy (non-hydrogen) atoms. The van der Waals surface area contributed by atoms with Gasteiger partial charge in [0.25, 0.3) is 0 Å². The summed E-state index contributed by atoms with van der Waals surface area (Å²) in [5.74, 6) is 1.01. The smallest absolute Gasteiger partial charge is 0.226 e. The number of carbonyl (C=O) groups excluding carboxylic acids is 1. The van der Waals surface area contributed by atoms with Crippen LogP contribution in [0.2, 0.25) is 0 Å². The summed E-state index contributed by atoms with van der Waals surface area (Å²) < 4.78 is 1.06. The minimum Gasteiger partial charge on any atom is -0.350 e. The minimum absolute atomic E-state index is 0. The summed E-state index contributed by atoms with van der Waals surface area (Å²) in [7, 11) is 2.07. The van der Waals surface area contributed by atoms with Crippen LogP contribution in [0.4, 0.5) is 5.69 Å². The molecule has 1 aliphatic heterocycles. The molecule has 1 heterocycles. The second-order valence-electron chi connectivity index (χ2n) is 7.00. The molecule has 7 heteroatoms. The highest BCUT2D eigenvalue weighted by molar-refractivity contribution is 9.10. The molecule has 1 amide bonds. The summed E-state index contributed by atoms with van der Waals surface area (Å²) in [6.45, 7) is 2.02. The number of amides is 1. The third-order valence-electron chi connectivity index (χ3n) is 4.98. The van der Waals surface area contributed by atoms with Crippen LogP contribution in [0.1, 0.15) is 44.1 Å². The van der Waals surface area contributed by atoms with Gasteiger partial charge in [-0.3, -0.25) is 9.79 Å². The number of aliphatic imine (C=N–C) groups is 1. The zero-order valence-corrected chi connectivity index (χ0v) is 18.6.